The first-order valence-electron chi connectivity index (χ1n) is 5.74. The van der Waals surface area contributed by atoms with E-state index < -0.39 is 0 Å². The summed E-state index contributed by atoms with van der Waals surface area (Å²) in [6.07, 6.45) is 12.8. The minimum absolute atomic E-state index is 0.0662. The number of carbonyl (C=O) groups is 1. The molecular weight excluding hydrogens is 216 g/mol. The fourth-order valence-corrected chi connectivity index (χ4v) is 3.77. The van der Waals surface area contributed by atoms with Crippen LogP contribution in [0.15, 0.2) is 46.4 Å². The van der Waals surface area contributed by atoms with Gasteiger partial charge in [-0.25, -0.2) is 0 Å². The summed E-state index contributed by atoms with van der Waals surface area (Å²) in [5.41, 5.74) is 2.18. The van der Waals surface area contributed by atoms with E-state index in [1.807, 2.05) is 11.8 Å². The lowest BCUT2D eigenvalue weighted by Gasteiger charge is -2.32. The number of hydrogen-bond acceptors (Lipinski definition) is 2. The normalized spacial score (nSPS) is 32.3. The number of fused-ring (bicyclic) bond motifs is 2. The van der Waals surface area contributed by atoms with E-state index in [0.717, 1.165) is 18.4 Å². The van der Waals surface area contributed by atoms with Gasteiger partial charge in [0.25, 0.3) is 0 Å². The molecule has 1 nitrogen and oxygen atoms in total. The molecule has 0 aromatic rings. The van der Waals surface area contributed by atoms with Crippen LogP contribution >= 0.6 is 11.8 Å². The zero-order valence-electron chi connectivity index (χ0n) is 9.27. The predicted molar refractivity (Wildman–Crippen MR) is 68.2 cm³/mol. The fourth-order valence-electron chi connectivity index (χ4n) is 2.45. The second-order valence-corrected chi connectivity index (χ2v) is 5.73. The van der Waals surface area contributed by atoms with Gasteiger partial charge >= 0.3 is 0 Å². The highest BCUT2D eigenvalue weighted by molar-refractivity contribution is 8.04. The van der Waals surface area contributed by atoms with E-state index >= 15 is 0 Å². The zero-order chi connectivity index (χ0) is 11.1. The number of Topliss-reactive ketones (excluding diaryl/α,β-unsaturated/α-hetero) is 1. The van der Waals surface area contributed by atoms with Gasteiger partial charge in [-0.2, -0.15) is 0 Å². The third-order valence-electron chi connectivity index (χ3n) is 3.29. The van der Waals surface area contributed by atoms with Crippen LogP contribution in [-0.2, 0) is 4.79 Å². The first kappa shape index (κ1) is 10.2. The van der Waals surface area contributed by atoms with E-state index in [0.29, 0.717) is 11.0 Å². The van der Waals surface area contributed by atoms with Crippen LogP contribution in [0.2, 0.25) is 0 Å². The van der Waals surface area contributed by atoms with Gasteiger partial charge in [0, 0.05) is 15.7 Å². The Kier molecular flexibility index (Phi) is 2.40. The molecule has 0 N–H and O–H groups in total. The molecule has 0 aromatic heterocycles. The van der Waals surface area contributed by atoms with Gasteiger partial charge in [-0.3, -0.25) is 4.79 Å². The third kappa shape index (κ3) is 1.52. The number of carbonyl (C=O) groups excluding carboxylic acids is 1. The standard InChI is InChI=1S/C14H14OS/c1-9-6-7-13-11(8-9)14(15)10-4-2-3-5-12(10)16-13/h4-8,11,13H,2-3H2,1H3. The highest BCUT2D eigenvalue weighted by Gasteiger charge is 2.37. The van der Waals surface area contributed by atoms with Crippen molar-refractivity contribution in [2.24, 2.45) is 5.92 Å². The molecule has 2 aliphatic carbocycles. The van der Waals surface area contributed by atoms with Crippen LogP contribution in [-0.4, -0.2) is 11.0 Å². The van der Waals surface area contributed by atoms with Gasteiger partial charge in [-0.05, 0) is 19.8 Å². The van der Waals surface area contributed by atoms with Gasteiger partial charge < -0.3 is 0 Å². The Balaban J connectivity index is 2.00. The molecule has 1 saturated heterocycles. The van der Waals surface area contributed by atoms with Gasteiger partial charge in [-0.15, -0.1) is 11.8 Å². The second kappa shape index (κ2) is 3.77. The maximum absolute atomic E-state index is 12.3. The van der Waals surface area contributed by atoms with E-state index in [4.69, 9.17) is 0 Å². The van der Waals surface area contributed by atoms with Crippen molar-refractivity contribution in [1.29, 1.82) is 0 Å². The SMILES string of the molecule is CC1=CC2C(=O)C3=CCCC=C3SC2C=C1. The van der Waals surface area contributed by atoms with Crippen molar-refractivity contribution in [3.8, 4) is 0 Å². The molecule has 1 fully saturated rings. The third-order valence-corrected chi connectivity index (χ3v) is 4.65. The predicted octanol–water partition coefficient (Wildman–Crippen LogP) is 3.41. The molecule has 2 heteroatoms. The lowest BCUT2D eigenvalue weighted by molar-refractivity contribution is -0.117. The average molecular weight is 230 g/mol. The molecule has 2 atom stereocenters. The molecular formula is C14H14OS. The molecule has 3 aliphatic rings. The summed E-state index contributed by atoms with van der Waals surface area (Å²) < 4.78 is 0. The van der Waals surface area contributed by atoms with E-state index in [1.165, 1.54) is 10.5 Å². The van der Waals surface area contributed by atoms with Crippen LogP contribution < -0.4 is 0 Å². The summed E-state index contributed by atoms with van der Waals surface area (Å²) in [6, 6.07) is 0. The second-order valence-electron chi connectivity index (χ2n) is 4.51. The number of rotatable bonds is 0. The zero-order valence-corrected chi connectivity index (χ0v) is 10.1. The summed E-state index contributed by atoms with van der Waals surface area (Å²) in [7, 11) is 0. The molecule has 0 radical (unpaired) electrons. The molecule has 2 unspecified atom stereocenters. The topological polar surface area (TPSA) is 17.1 Å². The summed E-state index contributed by atoms with van der Waals surface area (Å²) in [4.78, 5) is 13.5. The largest absolute Gasteiger partial charge is 0.293 e. The lowest BCUT2D eigenvalue weighted by Crippen LogP contribution is -2.31. The molecule has 0 saturated carbocycles. The van der Waals surface area contributed by atoms with Gasteiger partial charge in [0.2, 0.25) is 0 Å². The minimum Gasteiger partial charge on any atom is -0.293 e. The van der Waals surface area contributed by atoms with Crippen LogP contribution in [0.5, 0.6) is 0 Å². The van der Waals surface area contributed by atoms with Gasteiger partial charge in [0.05, 0.1) is 5.92 Å². The molecule has 3 rings (SSSR count). The summed E-state index contributed by atoms with van der Waals surface area (Å²) >= 11 is 1.85. The van der Waals surface area contributed by atoms with Crippen molar-refractivity contribution in [3.05, 3.63) is 46.4 Å². The van der Waals surface area contributed by atoms with E-state index in [1.54, 1.807) is 0 Å². The Bertz CT molecular complexity index is 465. The first-order valence-corrected chi connectivity index (χ1v) is 6.62. The van der Waals surface area contributed by atoms with Gasteiger partial charge in [0.1, 0.15) is 0 Å². The smallest absolute Gasteiger partial charge is 0.171 e. The Labute approximate surface area is 100.0 Å². The molecule has 0 spiro atoms. The Hall–Kier alpha value is -1.02. The summed E-state index contributed by atoms with van der Waals surface area (Å²) in [5, 5.41) is 0.317. The van der Waals surface area contributed by atoms with Crippen molar-refractivity contribution >= 4 is 17.5 Å². The average Bonchev–Trinajstić information content (AvgIpc) is 2.31. The Morgan fingerprint density at radius 3 is 3.00 bits per heavy atom. The van der Waals surface area contributed by atoms with Crippen LogP contribution in [0.3, 0.4) is 0 Å². The van der Waals surface area contributed by atoms with Crippen molar-refractivity contribution in [3.63, 3.8) is 0 Å². The number of thioether (sulfide) groups is 1. The fraction of sp³-hybridized carbons (Fsp3) is 0.357. The molecule has 0 amide bonds. The molecule has 1 aliphatic heterocycles. The molecule has 1 heterocycles. The maximum Gasteiger partial charge on any atom is 0.171 e. The Morgan fingerprint density at radius 2 is 2.12 bits per heavy atom. The Morgan fingerprint density at radius 1 is 1.31 bits per heavy atom. The lowest BCUT2D eigenvalue weighted by atomic mass is 9.86. The molecule has 16 heavy (non-hydrogen) atoms. The first-order chi connectivity index (χ1) is 7.75. The van der Waals surface area contributed by atoms with Gasteiger partial charge in [-0.1, -0.05) is 36.0 Å². The number of ketones is 1. The highest BCUT2D eigenvalue weighted by atomic mass is 32.2. The van der Waals surface area contributed by atoms with Crippen LogP contribution in [0.4, 0.5) is 0 Å². The molecule has 0 bridgehead atoms. The minimum atomic E-state index is 0.0662. The van der Waals surface area contributed by atoms with Crippen LogP contribution in [0.1, 0.15) is 19.8 Å². The number of allylic oxidation sites excluding steroid dienone is 6. The van der Waals surface area contributed by atoms with Crippen molar-refractivity contribution in [2.45, 2.75) is 25.0 Å². The summed E-state index contributed by atoms with van der Waals surface area (Å²) in [6.45, 7) is 2.06. The van der Waals surface area contributed by atoms with Crippen LogP contribution in [0.25, 0.3) is 0 Å². The van der Waals surface area contributed by atoms with E-state index in [9.17, 15) is 4.79 Å². The monoisotopic (exact) mass is 230 g/mol. The van der Waals surface area contributed by atoms with E-state index in [-0.39, 0.29) is 5.92 Å². The number of hydrogen-bond donors (Lipinski definition) is 0. The van der Waals surface area contributed by atoms with Crippen molar-refractivity contribution in [1.82, 2.24) is 0 Å². The molecule has 82 valence electrons. The van der Waals surface area contributed by atoms with Crippen molar-refractivity contribution < 1.29 is 4.79 Å². The van der Waals surface area contributed by atoms with Crippen LogP contribution in [0, 0.1) is 5.92 Å². The summed E-state index contributed by atoms with van der Waals surface area (Å²) in [5.74, 6) is 0.384. The molecule has 0 aromatic carbocycles. The quantitative estimate of drug-likeness (QED) is 0.634. The highest BCUT2D eigenvalue weighted by Crippen LogP contribution is 2.44. The van der Waals surface area contributed by atoms with E-state index in [2.05, 4.69) is 37.3 Å². The van der Waals surface area contributed by atoms with Crippen molar-refractivity contribution in [2.75, 3.05) is 0 Å². The maximum atomic E-state index is 12.3. The van der Waals surface area contributed by atoms with Gasteiger partial charge in [0.15, 0.2) is 5.78 Å².